The normalized spacial score (nSPS) is 9.12. The summed E-state index contributed by atoms with van der Waals surface area (Å²) < 4.78 is 34.1. The summed E-state index contributed by atoms with van der Waals surface area (Å²) in [6.07, 6.45) is 4.42. The Morgan fingerprint density at radius 3 is 1.21 bits per heavy atom. The van der Waals surface area contributed by atoms with E-state index in [9.17, 15) is 0 Å². The van der Waals surface area contributed by atoms with Gasteiger partial charge >= 0.3 is 0 Å². The van der Waals surface area contributed by atoms with E-state index in [-0.39, 0.29) is 38.3 Å². The minimum absolute atomic E-state index is 0. The van der Waals surface area contributed by atoms with Crippen LogP contribution in [0.2, 0.25) is 0 Å². The van der Waals surface area contributed by atoms with Gasteiger partial charge in [0.2, 0.25) is 0 Å². The number of imidazole rings is 2. The maximum absolute atomic E-state index is 8.52. The minimum Gasteiger partial charge on any atom is -0.759 e. The van der Waals surface area contributed by atoms with Gasteiger partial charge in [-0.1, -0.05) is 24.3 Å². The van der Waals surface area contributed by atoms with Gasteiger partial charge in [-0.3, -0.25) is 8.42 Å². The molecular formula is C18H34N4O11S. The minimum atomic E-state index is -5.17. The highest BCUT2D eigenvalue weighted by molar-refractivity contribution is 7.79. The Morgan fingerprint density at radius 2 is 0.912 bits per heavy atom. The van der Waals surface area contributed by atoms with Gasteiger partial charge < -0.3 is 47.4 Å². The van der Waals surface area contributed by atoms with Crippen LogP contribution in [0.1, 0.15) is 24.5 Å². The maximum atomic E-state index is 8.52. The molecule has 0 unspecified atom stereocenters. The second-order valence-corrected chi connectivity index (χ2v) is 6.98. The van der Waals surface area contributed by atoms with E-state index in [0.29, 0.717) is 0 Å². The van der Waals surface area contributed by atoms with Gasteiger partial charge in [-0.25, -0.2) is 19.9 Å². The average molecular weight is 515 g/mol. The highest BCUT2D eigenvalue weighted by Crippen LogP contribution is 2.10. The quantitative estimate of drug-likeness (QED) is 0.151. The molecule has 34 heavy (non-hydrogen) atoms. The fourth-order valence-electron chi connectivity index (χ4n) is 2.97. The first kappa shape index (κ1) is 41.2. The molecule has 0 bridgehead atoms. The fourth-order valence-corrected chi connectivity index (χ4v) is 2.97. The number of aromatic nitrogens is 4. The molecule has 2 heterocycles. The van der Waals surface area contributed by atoms with Gasteiger partial charge in [-0.2, -0.15) is 0 Å². The van der Waals surface area contributed by atoms with Gasteiger partial charge in [0.15, 0.2) is 22.1 Å². The van der Waals surface area contributed by atoms with Crippen molar-refractivity contribution in [1.29, 1.82) is 0 Å². The molecule has 0 atom stereocenters. The van der Waals surface area contributed by atoms with Crippen molar-refractivity contribution in [2.45, 2.75) is 25.7 Å². The number of unbranched alkanes of at least 4 members (excludes halogenated alkanes) is 1. The van der Waals surface area contributed by atoms with E-state index in [4.69, 9.17) is 17.5 Å². The number of H-pyrrole nitrogens is 4. The van der Waals surface area contributed by atoms with Crippen molar-refractivity contribution in [2.24, 2.45) is 0 Å². The van der Waals surface area contributed by atoms with Crippen molar-refractivity contribution in [3.8, 4) is 0 Å². The Bertz CT molecular complexity index is 999. The maximum Gasteiger partial charge on any atom is 0.252 e. The van der Waals surface area contributed by atoms with Crippen molar-refractivity contribution >= 4 is 32.5 Å². The number of para-hydroxylation sites is 4. The molecule has 0 radical (unpaired) electrons. The zero-order valence-corrected chi connectivity index (χ0v) is 18.8. The summed E-state index contributed by atoms with van der Waals surface area (Å²) in [4.78, 5) is 13.8. The zero-order valence-electron chi connectivity index (χ0n) is 18.0. The van der Waals surface area contributed by atoms with Crippen molar-refractivity contribution in [3.05, 3.63) is 60.2 Å². The number of benzene rings is 2. The molecule has 16 heteroatoms. The molecular weight excluding hydrogens is 480 g/mol. The van der Waals surface area contributed by atoms with Crippen LogP contribution in [0.5, 0.6) is 0 Å². The van der Waals surface area contributed by atoms with Crippen molar-refractivity contribution in [1.82, 2.24) is 9.97 Å². The van der Waals surface area contributed by atoms with E-state index in [1.165, 1.54) is 33.7 Å². The number of rotatable bonds is 5. The molecule has 198 valence electrons. The van der Waals surface area contributed by atoms with E-state index in [1.807, 2.05) is 0 Å². The van der Waals surface area contributed by atoms with Crippen LogP contribution in [0.4, 0.5) is 0 Å². The topological polar surface area (TPSA) is 361 Å². The highest BCUT2D eigenvalue weighted by atomic mass is 32.3. The lowest BCUT2D eigenvalue weighted by atomic mass is 10.2. The van der Waals surface area contributed by atoms with Gasteiger partial charge in [-0.15, -0.1) is 0 Å². The molecule has 0 aliphatic heterocycles. The second kappa shape index (κ2) is 18.4. The monoisotopic (exact) mass is 514 g/mol. The molecule has 0 spiro atoms. The van der Waals surface area contributed by atoms with E-state index in [0.717, 1.165) is 25.7 Å². The molecule has 0 fully saturated rings. The van der Waals surface area contributed by atoms with E-state index in [1.54, 1.807) is 0 Å². The van der Waals surface area contributed by atoms with Crippen LogP contribution in [-0.2, 0) is 23.2 Å². The van der Waals surface area contributed by atoms with Crippen molar-refractivity contribution in [3.63, 3.8) is 0 Å². The zero-order chi connectivity index (χ0) is 19.3. The standard InChI is InChI=1S/C18H18N4.H2O4S.7H2O/c1-2-8-14-13(7-1)19-17(20-14)11-5-6-12-18-21-15-9-3-4-10-16(15)22-18;1-5(2,3)4;;;;;;;/h1-4,7-10H,5-6,11-12H2,(H,19,20)(H,21,22);(H2,1,2,3,4);7*1H2. The predicted molar refractivity (Wildman–Crippen MR) is 122 cm³/mol. The van der Waals surface area contributed by atoms with Gasteiger partial charge in [0.1, 0.15) is 0 Å². The van der Waals surface area contributed by atoms with Crippen LogP contribution in [0.3, 0.4) is 0 Å². The summed E-state index contributed by atoms with van der Waals surface area (Å²) in [5.41, 5.74) is 4.73. The Kier molecular flexibility index (Phi) is 22.3. The van der Waals surface area contributed by atoms with Crippen molar-refractivity contribution in [2.75, 3.05) is 0 Å². The Labute approximate surface area is 194 Å². The summed E-state index contributed by atoms with van der Waals surface area (Å²) in [6.45, 7) is 0. The van der Waals surface area contributed by atoms with Crippen LogP contribution in [0, 0.1) is 0 Å². The SMILES string of the molecule is O.O.O.O.O.O.O.O=S(=O)([O-])[O-].c1ccc2[nH+]c(CCCCc3[nH]c4ccccc4[nH+]3)[nH]c2c1. The molecule has 0 aliphatic rings. The van der Waals surface area contributed by atoms with Gasteiger partial charge in [0, 0.05) is 23.2 Å². The lowest BCUT2D eigenvalue weighted by molar-refractivity contribution is -0.359. The van der Waals surface area contributed by atoms with Crippen LogP contribution in [0.25, 0.3) is 22.1 Å². The van der Waals surface area contributed by atoms with Crippen LogP contribution in [0.15, 0.2) is 48.5 Å². The van der Waals surface area contributed by atoms with Crippen LogP contribution in [-0.4, -0.2) is 65.8 Å². The van der Waals surface area contributed by atoms with Crippen LogP contribution >= 0.6 is 0 Å². The summed E-state index contributed by atoms with van der Waals surface area (Å²) in [5, 5.41) is 0. The lowest BCUT2D eigenvalue weighted by Crippen LogP contribution is -2.09. The smallest absolute Gasteiger partial charge is 0.252 e. The van der Waals surface area contributed by atoms with E-state index >= 15 is 0 Å². The Hall–Kier alpha value is -3.03. The molecule has 2 aromatic carbocycles. The van der Waals surface area contributed by atoms with Gasteiger partial charge in [0.05, 0.1) is 0 Å². The molecule has 4 aromatic rings. The first-order chi connectivity index (χ1) is 12.9. The third kappa shape index (κ3) is 12.9. The summed E-state index contributed by atoms with van der Waals surface area (Å²) in [7, 11) is -5.17. The Morgan fingerprint density at radius 1 is 0.618 bits per heavy atom. The molecule has 0 saturated carbocycles. The number of aromatic amines is 4. The number of hydrogen-bond donors (Lipinski definition) is 2. The van der Waals surface area contributed by atoms with E-state index in [2.05, 4.69) is 68.5 Å². The summed E-state index contributed by atoms with van der Waals surface area (Å²) >= 11 is 0. The molecule has 2 aromatic heterocycles. The lowest BCUT2D eigenvalue weighted by Gasteiger charge is -2.06. The highest BCUT2D eigenvalue weighted by Gasteiger charge is 2.11. The first-order valence-electron chi connectivity index (χ1n) is 8.53. The molecule has 4 rings (SSSR count). The number of nitrogens with one attached hydrogen (secondary N) is 4. The fraction of sp³-hybridized carbons (Fsp3) is 0.222. The summed E-state index contributed by atoms with van der Waals surface area (Å²) in [6, 6.07) is 16.7. The number of hydrogen-bond acceptors (Lipinski definition) is 4. The number of aryl methyl sites for hydroxylation is 2. The average Bonchev–Trinajstić information content (AvgIpc) is 3.20. The predicted octanol–water partition coefficient (Wildman–Crippen LogP) is -4.27. The molecule has 15 nitrogen and oxygen atoms in total. The third-order valence-electron chi connectivity index (χ3n) is 4.10. The molecule has 18 N–H and O–H groups in total. The second-order valence-electron chi connectivity index (χ2n) is 6.16. The Balaban J connectivity index is -0.000000215. The first-order valence-corrected chi connectivity index (χ1v) is 9.86. The summed E-state index contributed by atoms with van der Waals surface area (Å²) in [5.74, 6) is 2.42. The van der Waals surface area contributed by atoms with Gasteiger partial charge in [-0.05, 0) is 37.1 Å². The van der Waals surface area contributed by atoms with E-state index < -0.39 is 10.4 Å². The third-order valence-corrected chi connectivity index (χ3v) is 4.10. The number of fused-ring (bicyclic) bond motifs is 2. The molecule has 0 amide bonds. The molecule has 0 saturated heterocycles. The largest absolute Gasteiger partial charge is 0.759 e. The van der Waals surface area contributed by atoms with Crippen LogP contribution < -0.4 is 9.97 Å². The molecule has 0 aliphatic carbocycles. The van der Waals surface area contributed by atoms with Crippen molar-refractivity contribution < 1.29 is 65.8 Å². The van der Waals surface area contributed by atoms with Gasteiger partial charge in [0.25, 0.3) is 11.6 Å².